The summed E-state index contributed by atoms with van der Waals surface area (Å²) in [5.74, 6) is 1.34. The predicted octanol–water partition coefficient (Wildman–Crippen LogP) is 4.83. The molecule has 2 aromatic rings. The van der Waals surface area contributed by atoms with Crippen LogP contribution in [0.15, 0.2) is 30.3 Å². The minimum atomic E-state index is -0.468. The average Bonchev–Trinajstić information content (AvgIpc) is 3.08. The first-order chi connectivity index (χ1) is 17.2. The van der Waals surface area contributed by atoms with E-state index in [1.165, 1.54) is 13.2 Å². The lowest BCUT2D eigenvalue weighted by molar-refractivity contribution is -0.385. The Morgan fingerprint density at radius 2 is 2.00 bits per heavy atom. The van der Waals surface area contributed by atoms with Crippen molar-refractivity contribution in [2.45, 2.75) is 40.3 Å². The van der Waals surface area contributed by atoms with Gasteiger partial charge in [0.2, 0.25) is 11.7 Å². The zero-order valence-electron chi connectivity index (χ0n) is 21.2. The second-order valence-electron chi connectivity index (χ2n) is 9.33. The topological polar surface area (TPSA) is 103 Å². The van der Waals surface area contributed by atoms with Crippen LogP contribution in [-0.4, -0.2) is 49.1 Å². The quantitative estimate of drug-likeness (QED) is 0.335. The van der Waals surface area contributed by atoms with E-state index in [-0.39, 0.29) is 29.2 Å². The number of nitrogens with one attached hydrogen (secondary N) is 1. The van der Waals surface area contributed by atoms with E-state index in [4.69, 9.17) is 25.8 Å². The van der Waals surface area contributed by atoms with E-state index in [0.717, 1.165) is 12.0 Å². The van der Waals surface area contributed by atoms with Crippen LogP contribution in [0, 0.1) is 22.0 Å². The van der Waals surface area contributed by atoms with Gasteiger partial charge in [-0.1, -0.05) is 44.5 Å². The molecular weight excluding hydrogens is 486 g/mol. The molecule has 0 saturated heterocycles. The normalized spacial score (nSPS) is 13.7. The van der Waals surface area contributed by atoms with Crippen molar-refractivity contribution in [2.75, 3.05) is 33.4 Å². The van der Waals surface area contributed by atoms with Gasteiger partial charge in [0.1, 0.15) is 0 Å². The third kappa shape index (κ3) is 7.01. The molecule has 0 aromatic heterocycles. The standard InChI is InChI=1S/C26H34ClN3O6/c1-17(2)15-29(16-19-11-21(27)25-23(12-19)35-9-6-10-36-25)26(31)18(3)13-28-14-20-7-5-8-22(30(32)33)24(20)34-4/h5,7-8,11-12,17-18,28H,6,9-10,13-16H2,1-4H3. The number of benzene rings is 2. The summed E-state index contributed by atoms with van der Waals surface area (Å²) in [6.07, 6.45) is 0.783. The van der Waals surface area contributed by atoms with Gasteiger partial charge < -0.3 is 24.4 Å². The number of fused-ring (bicyclic) bond motifs is 1. The van der Waals surface area contributed by atoms with Crippen LogP contribution < -0.4 is 19.5 Å². The predicted molar refractivity (Wildman–Crippen MR) is 138 cm³/mol. The van der Waals surface area contributed by atoms with Gasteiger partial charge in [0, 0.05) is 50.1 Å². The van der Waals surface area contributed by atoms with Crippen LogP contribution in [0.1, 0.15) is 38.3 Å². The van der Waals surface area contributed by atoms with Gasteiger partial charge in [-0.05, 0) is 23.6 Å². The van der Waals surface area contributed by atoms with E-state index in [1.54, 1.807) is 12.1 Å². The van der Waals surface area contributed by atoms with E-state index in [2.05, 4.69) is 19.2 Å². The van der Waals surface area contributed by atoms with Crippen molar-refractivity contribution in [1.82, 2.24) is 10.2 Å². The summed E-state index contributed by atoms with van der Waals surface area (Å²) in [5.41, 5.74) is 1.45. The molecule has 1 amide bonds. The lowest BCUT2D eigenvalue weighted by atomic mass is 10.1. The Morgan fingerprint density at radius 1 is 1.25 bits per heavy atom. The van der Waals surface area contributed by atoms with Crippen LogP contribution in [0.4, 0.5) is 5.69 Å². The zero-order chi connectivity index (χ0) is 26.2. The maximum absolute atomic E-state index is 13.4. The largest absolute Gasteiger partial charge is 0.490 e. The van der Waals surface area contributed by atoms with Crippen molar-refractivity contribution in [3.63, 3.8) is 0 Å². The second kappa shape index (κ2) is 12.8. The maximum Gasteiger partial charge on any atom is 0.311 e. The van der Waals surface area contributed by atoms with Gasteiger partial charge in [0.25, 0.3) is 0 Å². The minimum Gasteiger partial charge on any atom is -0.490 e. The summed E-state index contributed by atoms with van der Waals surface area (Å²) < 4.78 is 16.8. The van der Waals surface area contributed by atoms with Gasteiger partial charge in [0.05, 0.1) is 30.3 Å². The maximum atomic E-state index is 13.4. The molecule has 1 aliphatic rings. The molecule has 2 aromatic carbocycles. The Labute approximate surface area is 216 Å². The van der Waals surface area contributed by atoms with Gasteiger partial charge in [0.15, 0.2) is 11.5 Å². The number of methoxy groups -OCH3 is 1. The summed E-state index contributed by atoms with van der Waals surface area (Å²) in [5, 5.41) is 15.0. The van der Waals surface area contributed by atoms with Crippen molar-refractivity contribution in [3.8, 4) is 17.2 Å². The van der Waals surface area contributed by atoms with Gasteiger partial charge >= 0.3 is 5.69 Å². The van der Waals surface area contributed by atoms with Crippen molar-refractivity contribution < 1.29 is 23.9 Å². The van der Waals surface area contributed by atoms with Crippen LogP contribution in [0.2, 0.25) is 5.02 Å². The Balaban J connectivity index is 1.68. The molecule has 1 atom stereocenters. The van der Waals surface area contributed by atoms with E-state index >= 15 is 0 Å². The molecule has 0 aliphatic carbocycles. The highest BCUT2D eigenvalue weighted by atomic mass is 35.5. The molecule has 0 radical (unpaired) electrons. The number of nitro groups is 1. The highest BCUT2D eigenvalue weighted by molar-refractivity contribution is 6.32. The summed E-state index contributed by atoms with van der Waals surface area (Å²) in [6, 6.07) is 8.52. The van der Waals surface area contributed by atoms with Crippen molar-refractivity contribution in [1.29, 1.82) is 0 Å². The van der Waals surface area contributed by atoms with Gasteiger partial charge in [-0.3, -0.25) is 14.9 Å². The third-order valence-corrected chi connectivity index (χ3v) is 6.08. The van der Waals surface area contributed by atoms with Crippen LogP contribution in [0.25, 0.3) is 0 Å². The van der Waals surface area contributed by atoms with Crippen LogP contribution in [0.5, 0.6) is 17.2 Å². The molecule has 1 unspecified atom stereocenters. The first-order valence-electron chi connectivity index (χ1n) is 12.1. The summed E-state index contributed by atoms with van der Waals surface area (Å²) >= 11 is 6.46. The average molecular weight is 520 g/mol. The molecule has 36 heavy (non-hydrogen) atoms. The van der Waals surface area contributed by atoms with E-state index in [0.29, 0.717) is 61.5 Å². The SMILES string of the molecule is COc1c(CNCC(C)C(=O)N(Cc2cc(Cl)c3c(c2)OCCCO3)CC(C)C)cccc1[N+](=O)[O-]. The van der Waals surface area contributed by atoms with Crippen molar-refractivity contribution in [3.05, 3.63) is 56.6 Å². The Kier molecular flexibility index (Phi) is 9.78. The molecule has 10 heteroatoms. The number of nitrogens with zero attached hydrogens (tertiary/aromatic N) is 2. The molecule has 1 heterocycles. The summed E-state index contributed by atoms with van der Waals surface area (Å²) in [4.78, 5) is 26.0. The number of hydrogen-bond acceptors (Lipinski definition) is 7. The fourth-order valence-electron chi connectivity index (χ4n) is 4.18. The second-order valence-corrected chi connectivity index (χ2v) is 9.73. The fraction of sp³-hybridized carbons (Fsp3) is 0.500. The van der Waals surface area contributed by atoms with Crippen LogP contribution in [0.3, 0.4) is 0 Å². The number of halogens is 1. The number of nitro benzene ring substituents is 1. The number of ether oxygens (including phenoxy) is 3. The van der Waals surface area contributed by atoms with Gasteiger partial charge in [-0.2, -0.15) is 0 Å². The molecule has 0 saturated carbocycles. The number of carbonyl (C=O) groups is 1. The Bertz CT molecular complexity index is 1080. The smallest absolute Gasteiger partial charge is 0.311 e. The van der Waals surface area contributed by atoms with E-state index in [1.807, 2.05) is 24.0 Å². The highest BCUT2D eigenvalue weighted by Gasteiger charge is 2.24. The fourth-order valence-corrected chi connectivity index (χ4v) is 4.47. The monoisotopic (exact) mass is 519 g/mol. The van der Waals surface area contributed by atoms with Crippen LogP contribution >= 0.6 is 11.6 Å². The molecule has 196 valence electrons. The third-order valence-electron chi connectivity index (χ3n) is 5.80. The lowest BCUT2D eigenvalue weighted by Gasteiger charge is -2.28. The lowest BCUT2D eigenvalue weighted by Crippen LogP contribution is -2.40. The molecule has 3 rings (SSSR count). The number of hydrogen-bond donors (Lipinski definition) is 1. The molecule has 9 nitrogen and oxygen atoms in total. The summed E-state index contributed by atoms with van der Waals surface area (Å²) in [7, 11) is 1.41. The molecule has 0 spiro atoms. The van der Waals surface area contributed by atoms with Crippen LogP contribution in [-0.2, 0) is 17.9 Å². The van der Waals surface area contributed by atoms with Gasteiger partial charge in [-0.15, -0.1) is 0 Å². The Morgan fingerprint density at radius 3 is 2.69 bits per heavy atom. The van der Waals surface area contributed by atoms with Gasteiger partial charge in [-0.25, -0.2) is 0 Å². The first-order valence-corrected chi connectivity index (χ1v) is 12.5. The molecular formula is C26H34ClN3O6. The molecule has 1 aliphatic heterocycles. The first kappa shape index (κ1) is 27.5. The van der Waals surface area contributed by atoms with E-state index in [9.17, 15) is 14.9 Å². The molecule has 0 fully saturated rings. The number of carbonyl (C=O) groups excluding carboxylic acids is 1. The Hall–Kier alpha value is -3.04. The molecule has 1 N–H and O–H groups in total. The number of amides is 1. The van der Waals surface area contributed by atoms with E-state index < -0.39 is 4.92 Å². The van der Waals surface area contributed by atoms with Crippen molar-refractivity contribution in [2.24, 2.45) is 11.8 Å². The number of para-hydroxylation sites is 1. The molecule has 0 bridgehead atoms. The zero-order valence-corrected chi connectivity index (χ0v) is 22.0. The van der Waals surface area contributed by atoms with Crippen molar-refractivity contribution >= 4 is 23.2 Å². The number of rotatable bonds is 11. The minimum absolute atomic E-state index is 0.00504. The summed E-state index contributed by atoms with van der Waals surface area (Å²) in [6.45, 7) is 8.85. The highest BCUT2D eigenvalue weighted by Crippen LogP contribution is 2.38.